The van der Waals surface area contributed by atoms with Gasteiger partial charge in [-0.1, -0.05) is 12.2 Å². The number of aliphatic carboxylic acids is 1. The minimum atomic E-state index is -3.91. The Balaban J connectivity index is 1.47. The lowest BCUT2D eigenvalue weighted by atomic mass is 9.82. The summed E-state index contributed by atoms with van der Waals surface area (Å²) in [5.41, 5.74) is 1.67. The molecular weight excluding hydrogens is 420 g/mol. The normalized spacial score (nSPS) is 24.2. The first-order valence-corrected chi connectivity index (χ1v) is 11.3. The van der Waals surface area contributed by atoms with Crippen LogP contribution in [0.2, 0.25) is 0 Å². The number of carbonyl (C=O) groups is 2. The highest BCUT2D eigenvalue weighted by atomic mass is 32.2. The van der Waals surface area contributed by atoms with E-state index in [0.29, 0.717) is 23.5 Å². The van der Waals surface area contributed by atoms with Gasteiger partial charge < -0.3 is 10.4 Å². The van der Waals surface area contributed by atoms with E-state index in [9.17, 15) is 23.1 Å². The van der Waals surface area contributed by atoms with Gasteiger partial charge in [0.05, 0.1) is 16.7 Å². The van der Waals surface area contributed by atoms with E-state index in [4.69, 9.17) is 0 Å². The van der Waals surface area contributed by atoms with Gasteiger partial charge in [-0.2, -0.15) is 0 Å². The lowest BCUT2D eigenvalue weighted by Crippen LogP contribution is -2.36. The third kappa shape index (κ3) is 4.15. The Hall–Kier alpha value is -3.27. The second kappa shape index (κ2) is 7.77. The minimum Gasteiger partial charge on any atom is -0.481 e. The van der Waals surface area contributed by atoms with Gasteiger partial charge in [-0.05, 0) is 62.4 Å². The lowest BCUT2D eigenvalue weighted by Gasteiger charge is -2.23. The molecule has 0 radical (unpaired) electrons. The van der Waals surface area contributed by atoms with Crippen LogP contribution in [-0.2, 0) is 19.6 Å². The maximum atomic E-state index is 12.8. The molecule has 10 heteroatoms. The van der Waals surface area contributed by atoms with Crippen LogP contribution < -0.4 is 10.0 Å². The zero-order valence-corrected chi connectivity index (χ0v) is 17.8. The van der Waals surface area contributed by atoms with Crippen LogP contribution >= 0.6 is 0 Å². The van der Waals surface area contributed by atoms with Gasteiger partial charge in [-0.3, -0.25) is 9.59 Å². The van der Waals surface area contributed by atoms with Gasteiger partial charge in [0.25, 0.3) is 10.0 Å². The summed E-state index contributed by atoms with van der Waals surface area (Å²) >= 11 is 0. The zero-order valence-electron chi connectivity index (χ0n) is 16.9. The van der Waals surface area contributed by atoms with E-state index in [1.807, 2.05) is 12.2 Å². The molecule has 31 heavy (non-hydrogen) atoms. The fourth-order valence-electron chi connectivity index (χ4n) is 4.41. The summed E-state index contributed by atoms with van der Waals surface area (Å²) in [6.45, 7) is 3.48. The number of carbonyl (C=O) groups excluding carboxylic acids is 1. The number of hydrogen-bond acceptors (Lipinski definition) is 6. The van der Waals surface area contributed by atoms with Gasteiger partial charge in [0.2, 0.25) is 11.9 Å². The molecule has 9 nitrogen and oxygen atoms in total. The van der Waals surface area contributed by atoms with Crippen LogP contribution in [0.15, 0.2) is 47.4 Å². The molecular formula is C21H22N4O5S. The molecule has 4 rings (SSSR count). The molecule has 0 saturated heterocycles. The Morgan fingerprint density at radius 2 is 1.58 bits per heavy atom. The molecule has 3 N–H and O–H groups in total. The number of benzene rings is 1. The van der Waals surface area contributed by atoms with Crippen molar-refractivity contribution in [2.24, 2.45) is 23.7 Å². The molecule has 4 atom stereocenters. The number of fused-ring (bicyclic) bond motifs is 2. The molecule has 1 amide bonds. The van der Waals surface area contributed by atoms with Gasteiger partial charge in [-0.15, -0.1) is 0 Å². The number of sulfonamides is 1. The van der Waals surface area contributed by atoms with E-state index in [1.54, 1.807) is 19.9 Å². The predicted octanol–water partition coefficient (Wildman–Crippen LogP) is 2.36. The average molecular weight is 442 g/mol. The van der Waals surface area contributed by atoms with Crippen molar-refractivity contribution < 1.29 is 23.1 Å². The highest BCUT2D eigenvalue weighted by Crippen LogP contribution is 2.48. The minimum absolute atomic E-state index is 0.0143. The Bertz CT molecular complexity index is 1160. The van der Waals surface area contributed by atoms with Crippen molar-refractivity contribution in [3.8, 4) is 0 Å². The number of nitrogens with zero attached hydrogens (tertiary/aromatic N) is 2. The van der Waals surface area contributed by atoms with Crippen LogP contribution in [0, 0.1) is 37.5 Å². The molecule has 1 aromatic heterocycles. The summed E-state index contributed by atoms with van der Waals surface area (Å²) in [6.07, 6.45) is 4.45. The number of hydrogen-bond donors (Lipinski definition) is 3. The number of rotatable bonds is 6. The monoisotopic (exact) mass is 442 g/mol. The van der Waals surface area contributed by atoms with Crippen LogP contribution in [-0.4, -0.2) is 35.4 Å². The molecule has 2 aliphatic carbocycles. The van der Waals surface area contributed by atoms with E-state index in [2.05, 4.69) is 20.0 Å². The molecule has 1 saturated carbocycles. The Labute approximate surface area is 179 Å². The number of anilines is 2. The summed E-state index contributed by atoms with van der Waals surface area (Å²) in [5.74, 6) is -2.95. The smallest absolute Gasteiger partial charge is 0.307 e. The van der Waals surface area contributed by atoms with Crippen LogP contribution in [0.4, 0.5) is 11.6 Å². The number of aryl methyl sites for hydroxylation is 2. The van der Waals surface area contributed by atoms with Crippen molar-refractivity contribution in [1.82, 2.24) is 9.97 Å². The number of amides is 1. The molecule has 0 unspecified atom stereocenters. The van der Waals surface area contributed by atoms with Crippen LogP contribution in [0.5, 0.6) is 0 Å². The fraction of sp³-hybridized carbons (Fsp3) is 0.333. The van der Waals surface area contributed by atoms with Crippen molar-refractivity contribution in [2.75, 3.05) is 10.0 Å². The molecule has 2 bridgehead atoms. The summed E-state index contributed by atoms with van der Waals surface area (Å²) in [6, 6.07) is 7.38. The maximum absolute atomic E-state index is 12.8. The molecule has 1 heterocycles. The Morgan fingerprint density at radius 3 is 2.16 bits per heavy atom. The van der Waals surface area contributed by atoms with Gasteiger partial charge >= 0.3 is 5.97 Å². The van der Waals surface area contributed by atoms with Crippen LogP contribution in [0.25, 0.3) is 0 Å². The second-order valence-electron chi connectivity index (χ2n) is 7.93. The second-order valence-corrected chi connectivity index (χ2v) is 9.61. The Morgan fingerprint density at radius 1 is 1.00 bits per heavy atom. The molecule has 0 aliphatic heterocycles. The molecule has 1 fully saturated rings. The summed E-state index contributed by atoms with van der Waals surface area (Å²) in [7, 11) is -3.91. The molecule has 2 aliphatic rings. The number of aromatic nitrogens is 2. The van der Waals surface area contributed by atoms with Gasteiger partial charge in [0.15, 0.2) is 0 Å². The first-order chi connectivity index (χ1) is 14.6. The third-order valence-corrected chi connectivity index (χ3v) is 7.03. The standard InChI is InChI=1S/C21H22N4O5S/c1-11-9-12(2)23-21(22-11)25-31(29,30)16-7-5-15(6-8-16)24-19(26)17-13-3-4-14(10-13)18(17)20(27)28/h3-9,13-14,17-18H,10H2,1-2H3,(H,24,26)(H,27,28)(H,22,23,25)/t13-,14+,17-,18-/m0/s1. The number of allylic oxidation sites excluding steroid dienone is 2. The first-order valence-electron chi connectivity index (χ1n) is 9.81. The molecule has 0 spiro atoms. The Kier molecular flexibility index (Phi) is 5.26. The van der Waals surface area contributed by atoms with Crippen molar-refractivity contribution in [2.45, 2.75) is 25.2 Å². The topological polar surface area (TPSA) is 138 Å². The van der Waals surface area contributed by atoms with Crippen LogP contribution in [0.1, 0.15) is 17.8 Å². The SMILES string of the molecule is Cc1cc(C)nc(NS(=O)(=O)c2ccc(NC(=O)[C@@H]3[C@@H](C(=O)O)[C@@H]4C=C[C@H]3C4)cc2)n1. The van der Waals surface area contributed by atoms with Gasteiger partial charge in [0.1, 0.15) is 0 Å². The average Bonchev–Trinajstić information content (AvgIpc) is 3.28. The lowest BCUT2D eigenvalue weighted by molar-refractivity contribution is -0.146. The zero-order chi connectivity index (χ0) is 22.3. The van der Waals surface area contributed by atoms with E-state index in [1.165, 1.54) is 24.3 Å². The van der Waals surface area contributed by atoms with E-state index >= 15 is 0 Å². The van der Waals surface area contributed by atoms with E-state index in [-0.39, 0.29) is 28.6 Å². The summed E-state index contributed by atoms with van der Waals surface area (Å²) in [4.78, 5) is 32.5. The van der Waals surface area contributed by atoms with E-state index in [0.717, 1.165) is 0 Å². The largest absolute Gasteiger partial charge is 0.481 e. The van der Waals surface area contributed by atoms with Crippen molar-refractivity contribution in [3.63, 3.8) is 0 Å². The van der Waals surface area contributed by atoms with Gasteiger partial charge in [0, 0.05) is 17.1 Å². The van der Waals surface area contributed by atoms with Crippen molar-refractivity contribution in [3.05, 3.63) is 53.9 Å². The van der Waals surface area contributed by atoms with Crippen molar-refractivity contribution >= 4 is 33.5 Å². The quantitative estimate of drug-likeness (QED) is 0.584. The summed E-state index contributed by atoms with van der Waals surface area (Å²) < 4.78 is 27.6. The van der Waals surface area contributed by atoms with Crippen molar-refractivity contribution in [1.29, 1.82) is 0 Å². The number of carboxylic acids is 1. The predicted molar refractivity (Wildman–Crippen MR) is 113 cm³/mol. The van der Waals surface area contributed by atoms with E-state index < -0.39 is 27.8 Å². The fourth-order valence-corrected chi connectivity index (χ4v) is 5.35. The molecule has 162 valence electrons. The first kappa shape index (κ1) is 21.0. The van der Waals surface area contributed by atoms with Crippen LogP contribution in [0.3, 0.4) is 0 Å². The summed E-state index contributed by atoms with van der Waals surface area (Å²) in [5, 5.41) is 12.2. The number of carboxylic acid groups (broad SMARTS) is 1. The maximum Gasteiger partial charge on any atom is 0.307 e. The molecule has 1 aromatic carbocycles. The highest BCUT2D eigenvalue weighted by Gasteiger charge is 2.51. The van der Waals surface area contributed by atoms with Gasteiger partial charge in [-0.25, -0.2) is 23.1 Å². The number of nitrogens with one attached hydrogen (secondary N) is 2. The molecule has 2 aromatic rings. The third-order valence-electron chi connectivity index (χ3n) is 5.69. The highest BCUT2D eigenvalue weighted by molar-refractivity contribution is 7.92.